The van der Waals surface area contributed by atoms with Crippen LogP contribution in [0.3, 0.4) is 0 Å². The molecule has 1 spiro atoms. The Bertz CT molecular complexity index is 601. The topological polar surface area (TPSA) is 86.6 Å². The van der Waals surface area contributed by atoms with Crippen molar-refractivity contribution >= 4 is 33.4 Å². The van der Waals surface area contributed by atoms with Crippen molar-refractivity contribution in [2.45, 2.75) is 24.4 Å². The van der Waals surface area contributed by atoms with E-state index in [-0.39, 0.29) is 11.3 Å². The fourth-order valence-corrected chi connectivity index (χ4v) is 3.91. The summed E-state index contributed by atoms with van der Waals surface area (Å²) in [7, 11) is 0. The maximum atomic E-state index is 12.2. The molecule has 3 rings (SSSR count). The summed E-state index contributed by atoms with van der Waals surface area (Å²) in [6.07, 6.45) is 0.115. The number of carboxylic acid groups (broad SMARTS) is 1. The number of hydrogen-bond acceptors (Lipinski definition) is 4. The standard InChI is InChI=1S/C13H12BrNO4/c14-7-3-6(12(18)19)4-8-10(7)13(5-15-8)2-1-9(16)11(13)17/h3-4,9,15-16H,1-2,5H2,(H,18,19). The van der Waals surface area contributed by atoms with Crippen molar-refractivity contribution in [3.8, 4) is 0 Å². The number of carbonyl (C=O) groups excluding carboxylic acids is 1. The van der Waals surface area contributed by atoms with Crippen molar-refractivity contribution in [3.63, 3.8) is 0 Å². The first-order valence-corrected chi connectivity index (χ1v) is 6.78. The summed E-state index contributed by atoms with van der Waals surface area (Å²) in [5.41, 5.74) is 0.888. The molecule has 1 aromatic carbocycles. The van der Waals surface area contributed by atoms with Crippen LogP contribution in [0.5, 0.6) is 0 Å². The lowest BCUT2D eigenvalue weighted by atomic mass is 9.79. The van der Waals surface area contributed by atoms with Gasteiger partial charge in [0.15, 0.2) is 5.78 Å². The molecule has 2 atom stereocenters. The molecule has 1 fully saturated rings. The molecule has 1 aliphatic carbocycles. The number of hydrogen-bond donors (Lipinski definition) is 3. The van der Waals surface area contributed by atoms with Crippen LogP contribution < -0.4 is 5.32 Å². The number of ketones is 1. The first-order chi connectivity index (χ1) is 8.95. The second-order valence-electron chi connectivity index (χ2n) is 5.04. The van der Waals surface area contributed by atoms with Gasteiger partial charge in [-0.2, -0.15) is 0 Å². The fraction of sp³-hybridized carbons (Fsp3) is 0.385. The molecule has 19 heavy (non-hydrogen) atoms. The van der Waals surface area contributed by atoms with Crippen molar-refractivity contribution in [2.75, 3.05) is 11.9 Å². The molecule has 0 radical (unpaired) electrons. The largest absolute Gasteiger partial charge is 0.478 e. The Morgan fingerprint density at radius 1 is 1.47 bits per heavy atom. The number of Topliss-reactive ketones (excluding diaryl/α,β-unsaturated/α-hetero) is 1. The molecule has 1 heterocycles. The number of anilines is 1. The molecule has 0 amide bonds. The van der Waals surface area contributed by atoms with E-state index in [1.165, 1.54) is 12.1 Å². The van der Waals surface area contributed by atoms with Gasteiger partial charge in [-0.1, -0.05) is 15.9 Å². The zero-order valence-electron chi connectivity index (χ0n) is 9.94. The predicted molar refractivity (Wildman–Crippen MR) is 71.5 cm³/mol. The number of carboxylic acids is 1. The van der Waals surface area contributed by atoms with Crippen molar-refractivity contribution in [1.82, 2.24) is 0 Å². The van der Waals surface area contributed by atoms with Crippen LogP contribution in [0.25, 0.3) is 0 Å². The molecule has 5 nitrogen and oxygen atoms in total. The van der Waals surface area contributed by atoms with Crippen LogP contribution in [0.15, 0.2) is 16.6 Å². The zero-order valence-corrected chi connectivity index (χ0v) is 11.5. The Balaban J connectivity index is 2.16. The third kappa shape index (κ3) is 1.63. The van der Waals surface area contributed by atoms with Crippen LogP contribution in [0.1, 0.15) is 28.8 Å². The maximum Gasteiger partial charge on any atom is 0.335 e. The number of aromatic carboxylic acids is 1. The molecule has 0 saturated heterocycles. The average molecular weight is 326 g/mol. The van der Waals surface area contributed by atoms with Gasteiger partial charge >= 0.3 is 5.97 Å². The lowest BCUT2D eigenvalue weighted by Crippen LogP contribution is -2.37. The van der Waals surface area contributed by atoms with Crippen LogP contribution in [0, 0.1) is 0 Å². The average Bonchev–Trinajstić information content (AvgIpc) is 2.87. The lowest BCUT2D eigenvalue weighted by molar-refractivity contribution is -0.128. The Kier molecular flexibility index (Phi) is 2.69. The number of fused-ring (bicyclic) bond motifs is 2. The van der Waals surface area contributed by atoms with Crippen molar-refractivity contribution in [3.05, 3.63) is 27.7 Å². The molecule has 2 unspecified atom stereocenters. The SMILES string of the molecule is O=C(O)c1cc(Br)c2c(c1)NCC21CCC(O)C1=O. The van der Waals surface area contributed by atoms with E-state index in [9.17, 15) is 14.7 Å². The van der Waals surface area contributed by atoms with Gasteiger partial charge in [-0.15, -0.1) is 0 Å². The molecule has 1 aromatic rings. The molecule has 100 valence electrons. The molecular formula is C13H12BrNO4. The van der Waals surface area contributed by atoms with Gasteiger partial charge in [0.05, 0.1) is 11.0 Å². The summed E-state index contributed by atoms with van der Waals surface area (Å²) in [6, 6.07) is 3.04. The lowest BCUT2D eigenvalue weighted by Gasteiger charge is -2.22. The molecule has 0 bridgehead atoms. The molecule has 1 aliphatic heterocycles. The van der Waals surface area contributed by atoms with Crippen molar-refractivity contribution in [2.24, 2.45) is 0 Å². The van der Waals surface area contributed by atoms with Gasteiger partial charge in [-0.05, 0) is 25.0 Å². The second kappa shape index (κ2) is 4.05. The number of rotatable bonds is 1. The molecule has 0 aromatic heterocycles. The second-order valence-corrected chi connectivity index (χ2v) is 5.89. The Morgan fingerprint density at radius 2 is 2.21 bits per heavy atom. The van der Waals surface area contributed by atoms with Gasteiger partial charge in [0.2, 0.25) is 0 Å². The van der Waals surface area contributed by atoms with Crippen molar-refractivity contribution < 1.29 is 19.8 Å². The monoisotopic (exact) mass is 325 g/mol. The highest BCUT2D eigenvalue weighted by atomic mass is 79.9. The first-order valence-electron chi connectivity index (χ1n) is 5.99. The Labute approximate surface area is 117 Å². The Morgan fingerprint density at radius 3 is 2.79 bits per heavy atom. The van der Waals surface area contributed by atoms with Gasteiger partial charge < -0.3 is 15.5 Å². The summed E-state index contributed by atoms with van der Waals surface area (Å²) < 4.78 is 0.606. The first kappa shape index (κ1) is 12.6. The molecule has 2 aliphatic rings. The number of halogens is 1. The van der Waals surface area contributed by atoms with Crippen LogP contribution in [0.4, 0.5) is 5.69 Å². The van der Waals surface area contributed by atoms with E-state index >= 15 is 0 Å². The van der Waals surface area contributed by atoms with Crippen LogP contribution in [-0.2, 0) is 10.2 Å². The predicted octanol–water partition coefficient (Wildman–Crippen LogP) is 1.53. The minimum atomic E-state index is -1.01. The van der Waals surface area contributed by atoms with Crippen molar-refractivity contribution in [1.29, 1.82) is 0 Å². The van der Waals surface area contributed by atoms with Crippen LogP contribution in [0.2, 0.25) is 0 Å². The summed E-state index contributed by atoms with van der Waals surface area (Å²) in [5.74, 6) is -1.19. The summed E-state index contributed by atoms with van der Waals surface area (Å²) >= 11 is 3.36. The van der Waals surface area contributed by atoms with E-state index in [0.717, 1.165) is 5.56 Å². The molecule has 3 N–H and O–H groups in total. The highest BCUT2D eigenvalue weighted by Gasteiger charge is 2.53. The van der Waals surface area contributed by atoms with E-state index in [1.54, 1.807) is 0 Å². The number of benzene rings is 1. The van der Waals surface area contributed by atoms with Gasteiger partial charge in [0.25, 0.3) is 0 Å². The third-order valence-corrected chi connectivity index (χ3v) is 4.64. The van der Waals surface area contributed by atoms with E-state index in [4.69, 9.17) is 5.11 Å². The van der Waals surface area contributed by atoms with Gasteiger partial charge in [-0.3, -0.25) is 4.79 Å². The third-order valence-electron chi connectivity index (χ3n) is 4.02. The minimum Gasteiger partial charge on any atom is -0.478 e. The van der Waals surface area contributed by atoms with Crippen LogP contribution in [-0.4, -0.2) is 34.6 Å². The minimum absolute atomic E-state index is 0.168. The Hall–Kier alpha value is -1.40. The van der Waals surface area contributed by atoms with E-state index in [2.05, 4.69) is 21.2 Å². The van der Waals surface area contributed by atoms with Crippen LogP contribution >= 0.6 is 15.9 Å². The van der Waals surface area contributed by atoms with Gasteiger partial charge in [-0.25, -0.2) is 4.79 Å². The summed E-state index contributed by atoms with van der Waals surface area (Å²) in [6.45, 7) is 0.417. The zero-order chi connectivity index (χ0) is 13.8. The smallest absolute Gasteiger partial charge is 0.335 e. The summed E-state index contributed by atoms with van der Waals surface area (Å²) in [5, 5.41) is 21.8. The van der Waals surface area contributed by atoms with Gasteiger partial charge in [0, 0.05) is 22.3 Å². The van der Waals surface area contributed by atoms with E-state index < -0.39 is 17.5 Å². The normalized spacial score (nSPS) is 28.5. The highest BCUT2D eigenvalue weighted by Crippen LogP contribution is 2.49. The maximum absolute atomic E-state index is 12.2. The molecular weight excluding hydrogens is 314 g/mol. The molecule has 1 saturated carbocycles. The quantitative estimate of drug-likeness (QED) is 0.729. The highest BCUT2D eigenvalue weighted by molar-refractivity contribution is 9.10. The number of aliphatic hydroxyl groups is 1. The van der Waals surface area contributed by atoms with E-state index in [1.807, 2.05) is 0 Å². The molecule has 6 heteroatoms. The van der Waals surface area contributed by atoms with Gasteiger partial charge in [0.1, 0.15) is 6.10 Å². The number of carbonyl (C=O) groups is 2. The number of aliphatic hydroxyl groups excluding tert-OH is 1. The number of nitrogens with one attached hydrogen (secondary N) is 1. The van der Waals surface area contributed by atoms with E-state index in [0.29, 0.717) is 29.5 Å². The summed E-state index contributed by atoms with van der Waals surface area (Å²) in [4.78, 5) is 23.3. The fourth-order valence-electron chi connectivity index (χ4n) is 3.07.